The van der Waals surface area contributed by atoms with Gasteiger partial charge in [0.2, 0.25) is 0 Å². The van der Waals surface area contributed by atoms with E-state index in [1.54, 1.807) is 9.59 Å². The smallest absolute Gasteiger partial charge is 0.162 e. The van der Waals surface area contributed by atoms with Gasteiger partial charge in [-0.3, -0.25) is 0 Å². The first-order valence-corrected chi connectivity index (χ1v) is 11.5. The number of rotatable bonds is 4. The Morgan fingerprint density at radius 2 is 1.17 bits per heavy atom. The summed E-state index contributed by atoms with van der Waals surface area (Å²) in [5.41, 5.74) is 0. The van der Waals surface area contributed by atoms with E-state index in [4.69, 9.17) is 0 Å². The van der Waals surface area contributed by atoms with Gasteiger partial charge in [-0.2, -0.15) is 9.59 Å². The average Bonchev–Trinajstić information content (AvgIpc) is 2.93. The van der Waals surface area contributed by atoms with Crippen molar-refractivity contribution in [1.29, 1.82) is 0 Å². The lowest BCUT2D eigenvalue weighted by Crippen LogP contribution is -2.19. The van der Waals surface area contributed by atoms with Gasteiger partial charge < -0.3 is 0 Å². The molecule has 0 aliphatic heterocycles. The van der Waals surface area contributed by atoms with Crippen LogP contribution in [0.2, 0.25) is 0 Å². The van der Waals surface area contributed by atoms with E-state index in [0.717, 1.165) is 42.4 Å². The van der Waals surface area contributed by atoms with Crippen LogP contribution >= 0.6 is 70.4 Å². The normalized spacial score (nSPS) is 17.8. The van der Waals surface area contributed by atoms with Gasteiger partial charge in [0, 0.05) is 0 Å². The highest BCUT2D eigenvalue weighted by Gasteiger charge is 2.20. The van der Waals surface area contributed by atoms with E-state index in [1.807, 2.05) is 0 Å². The lowest BCUT2D eigenvalue weighted by Gasteiger charge is -2.24. The van der Waals surface area contributed by atoms with Gasteiger partial charge in [0.15, 0.2) is 17.5 Å². The number of halogens is 4. The average molecular weight is 637 g/mol. The molecule has 2 aliphatic rings. The first-order chi connectivity index (χ1) is 11.5. The Hall–Kier alpha value is 0.450. The van der Waals surface area contributed by atoms with Crippen molar-refractivity contribution in [2.45, 2.75) is 51.6 Å². The minimum absolute atomic E-state index is 0.793. The number of hydrogen-bond acceptors (Lipinski definition) is 4. The Morgan fingerprint density at radius 1 is 0.750 bits per heavy atom. The van der Waals surface area contributed by atoms with Crippen molar-refractivity contribution in [1.82, 2.24) is 30.0 Å². The van der Waals surface area contributed by atoms with Crippen LogP contribution in [-0.4, -0.2) is 30.0 Å². The molecule has 0 aromatic carbocycles. The Balaban J connectivity index is 0.000000141. The maximum absolute atomic E-state index is 4.28. The minimum atomic E-state index is 0.793. The summed E-state index contributed by atoms with van der Waals surface area (Å²) in [4.78, 5) is 3.56. The molecule has 6 nitrogen and oxygen atoms in total. The fourth-order valence-electron chi connectivity index (χ4n) is 2.59. The van der Waals surface area contributed by atoms with Crippen molar-refractivity contribution in [3.63, 3.8) is 0 Å². The highest BCUT2D eigenvalue weighted by Crippen LogP contribution is 2.28. The van der Waals surface area contributed by atoms with Crippen molar-refractivity contribution in [2.24, 2.45) is 11.8 Å². The van der Waals surface area contributed by atoms with Gasteiger partial charge in [-0.05, 0) is 108 Å². The van der Waals surface area contributed by atoms with E-state index in [0.29, 0.717) is 0 Å². The van der Waals surface area contributed by atoms with E-state index in [-0.39, 0.29) is 0 Å². The topological polar surface area (TPSA) is 61.4 Å². The van der Waals surface area contributed by atoms with E-state index in [9.17, 15) is 0 Å². The molecule has 0 atom stereocenters. The van der Waals surface area contributed by atoms with Crippen LogP contribution in [0.4, 0.5) is 0 Å². The van der Waals surface area contributed by atoms with Gasteiger partial charge in [-0.15, -0.1) is 20.4 Å². The molecular weight excluding hydrogens is 619 g/mol. The van der Waals surface area contributed by atoms with Gasteiger partial charge >= 0.3 is 0 Å². The molecule has 0 unspecified atom stereocenters. The highest BCUT2D eigenvalue weighted by molar-refractivity contribution is 14.1. The zero-order valence-corrected chi connectivity index (χ0v) is 19.9. The molecule has 132 valence electrons. The van der Waals surface area contributed by atoms with Crippen LogP contribution < -0.4 is 0 Å². The quantitative estimate of drug-likeness (QED) is 0.441. The summed E-state index contributed by atoms with van der Waals surface area (Å²) in [5, 5.41) is 16.9. The molecule has 0 saturated heterocycles. The number of hydrogen-bond donors (Lipinski definition) is 0. The molecule has 24 heavy (non-hydrogen) atoms. The Morgan fingerprint density at radius 3 is 1.50 bits per heavy atom. The SMILES string of the molecule is Brc1nn(CC2CCC2)nc1Br.Brc1nn(CC2CCC2)nc1I. The minimum Gasteiger partial charge on any atom is -0.182 e. The van der Waals surface area contributed by atoms with E-state index in [2.05, 4.69) is 90.8 Å². The molecule has 0 amide bonds. The summed E-state index contributed by atoms with van der Waals surface area (Å²) < 4.78 is 3.40. The zero-order chi connectivity index (χ0) is 17.1. The van der Waals surface area contributed by atoms with Gasteiger partial charge in [0.25, 0.3) is 0 Å². The van der Waals surface area contributed by atoms with Crippen molar-refractivity contribution in [3.8, 4) is 0 Å². The van der Waals surface area contributed by atoms with Crippen molar-refractivity contribution in [2.75, 3.05) is 0 Å². The summed E-state index contributed by atoms with van der Waals surface area (Å²) in [6.45, 7) is 1.95. The number of nitrogens with zero attached hydrogens (tertiary/aromatic N) is 6. The maximum Gasteiger partial charge on any atom is 0.162 e. The van der Waals surface area contributed by atoms with E-state index < -0.39 is 0 Å². The van der Waals surface area contributed by atoms with Crippen LogP contribution in [0.1, 0.15) is 38.5 Å². The fraction of sp³-hybridized carbons (Fsp3) is 0.714. The molecule has 10 heteroatoms. The summed E-state index contributed by atoms with van der Waals surface area (Å²) in [6.07, 6.45) is 8.09. The van der Waals surface area contributed by atoms with Crippen LogP contribution in [0.15, 0.2) is 13.8 Å². The number of aromatic nitrogens is 6. The second-order valence-electron chi connectivity index (χ2n) is 6.27. The van der Waals surface area contributed by atoms with Crippen molar-refractivity contribution in [3.05, 3.63) is 17.5 Å². The lowest BCUT2D eigenvalue weighted by atomic mass is 9.86. The van der Waals surface area contributed by atoms with Gasteiger partial charge in [0.1, 0.15) is 0 Å². The predicted octanol–water partition coefficient (Wildman–Crippen LogP) is 5.05. The lowest BCUT2D eigenvalue weighted by molar-refractivity contribution is 0.253. The van der Waals surface area contributed by atoms with Crippen LogP contribution in [0.25, 0.3) is 0 Å². The molecule has 2 saturated carbocycles. The Labute approximate surface area is 180 Å². The van der Waals surface area contributed by atoms with Crippen LogP contribution in [0.3, 0.4) is 0 Å². The van der Waals surface area contributed by atoms with Crippen LogP contribution in [0.5, 0.6) is 0 Å². The summed E-state index contributed by atoms with van der Waals surface area (Å²) in [6, 6.07) is 0. The van der Waals surface area contributed by atoms with Crippen molar-refractivity contribution >= 4 is 70.4 Å². The second kappa shape index (κ2) is 8.90. The maximum atomic E-state index is 4.28. The van der Waals surface area contributed by atoms with E-state index in [1.165, 1.54) is 38.5 Å². The summed E-state index contributed by atoms with van der Waals surface area (Å²) >= 11 is 12.1. The molecule has 2 aromatic heterocycles. The largest absolute Gasteiger partial charge is 0.182 e. The molecule has 0 radical (unpaired) electrons. The molecule has 2 aromatic rings. The molecule has 4 rings (SSSR count). The van der Waals surface area contributed by atoms with Gasteiger partial charge in [0.05, 0.1) is 13.1 Å². The standard InChI is InChI=1S/C7H9Br2N3.C7H9BrIN3/c2*8-6-7(9)11-12(10-6)4-5-2-1-3-5/h2*5H,1-4H2. The van der Waals surface area contributed by atoms with Crippen molar-refractivity contribution < 1.29 is 0 Å². The third-order valence-corrected chi connectivity index (χ3v) is 8.05. The Kier molecular flexibility index (Phi) is 7.12. The van der Waals surface area contributed by atoms with Crippen LogP contribution in [0, 0.1) is 15.5 Å². The first-order valence-electron chi connectivity index (χ1n) is 8.03. The van der Waals surface area contributed by atoms with E-state index >= 15 is 0 Å². The third kappa shape index (κ3) is 5.23. The summed E-state index contributed by atoms with van der Waals surface area (Å²) in [7, 11) is 0. The molecule has 0 N–H and O–H groups in total. The molecule has 2 heterocycles. The molecule has 0 bridgehead atoms. The highest BCUT2D eigenvalue weighted by atomic mass is 127. The molecular formula is C14H18Br3IN6. The summed E-state index contributed by atoms with van der Waals surface area (Å²) in [5.74, 6) is 1.62. The monoisotopic (exact) mass is 634 g/mol. The van der Waals surface area contributed by atoms with Gasteiger partial charge in [-0.25, -0.2) is 0 Å². The van der Waals surface area contributed by atoms with Crippen LogP contribution in [-0.2, 0) is 13.1 Å². The molecule has 2 fully saturated rings. The van der Waals surface area contributed by atoms with Gasteiger partial charge in [-0.1, -0.05) is 12.8 Å². The molecule has 0 spiro atoms. The zero-order valence-electron chi connectivity index (χ0n) is 13.0. The first kappa shape index (κ1) is 19.2. The Bertz CT molecular complexity index is 583. The predicted molar refractivity (Wildman–Crippen MR) is 111 cm³/mol. The second-order valence-corrected chi connectivity index (χ2v) is 9.54. The third-order valence-electron chi connectivity index (χ3n) is 4.45. The fourth-order valence-corrected chi connectivity index (χ4v) is 3.74. The molecule has 2 aliphatic carbocycles.